The molecule has 3 nitrogen and oxygen atoms in total. The first-order chi connectivity index (χ1) is 5.78. The molecule has 1 atom stereocenters. The van der Waals surface area contributed by atoms with E-state index in [1.165, 1.54) is 0 Å². The molecule has 1 unspecified atom stereocenters. The Balaban J connectivity index is 3.49. The maximum Gasteiger partial charge on any atom is 0.0471 e. The van der Waals surface area contributed by atoms with Gasteiger partial charge in [-0.25, -0.2) is 0 Å². The Hall–Kier alpha value is -0.120. The third-order valence-corrected chi connectivity index (χ3v) is 2.34. The molecule has 12 heavy (non-hydrogen) atoms. The van der Waals surface area contributed by atoms with Gasteiger partial charge in [-0.3, -0.25) is 0 Å². The Morgan fingerprint density at radius 1 is 1.33 bits per heavy atom. The smallest absolute Gasteiger partial charge is 0.0471 e. The van der Waals surface area contributed by atoms with Crippen molar-refractivity contribution >= 4 is 0 Å². The molecule has 0 aliphatic rings. The third kappa shape index (κ3) is 4.70. The molecular formula is C9H22N2O. The predicted molar refractivity (Wildman–Crippen MR) is 52.0 cm³/mol. The summed E-state index contributed by atoms with van der Waals surface area (Å²) in [5, 5.41) is 8.89. The first-order valence-corrected chi connectivity index (χ1v) is 4.81. The molecule has 3 N–H and O–H groups in total. The van der Waals surface area contributed by atoms with Crippen molar-refractivity contribution in [3.05, 3.63) is 0 Å². The SMILES string of the molecule is CCN(CC)CCC(CN)CO. The van der Waals surface area contributed by atoms with Crippen LogP contribution in [0.3, 0.4) is 0 Å². The normalized spacial score (nSPS) is 13.8. The van der Waals surface area contributed by atoms with Gasteiger partial charge in [-0.05, 0) is 38.5 Å². The second-order valence-electron chi connectivity index (χ2n) is 3.10. The summed E-state index contributed by atoms with van der Waals surface area (Å²) in [4.78, 5) is 2.35. The van der Waals surface area contributed by atoms with Gasteiger partial charge in [0.2, 0.25) is 0 Å². The van der Waals surface area contributed by atoms with Crippen LogP contribution < -0.4 is 5.73 Å². The van der Waals surface area contributed by atoms with Gasteiger partial charge in [0.25, 0.3) is 0 Å². The minimum atomic E-state index is 0.220. The van der Waals surface area contributed by atoms with E-state index in [1.807, 2.05) is 0 Å². The highest BCUT2D eigenvalue weighted by atomic mass is 16.3. The zero-order valence-corrected chi connectivity index (χ0v) is 8.29. The molecule has 0 saturated carbocycles. The lowest BCUT2D eigenvalue weighted by atomic mass is 10.1. The quantitative estimate of drug-likeness (QED) is 0.583. The van der Waals surface area contributed by atoms with Crippen LogP contribution in [0.2, 0.25) is 0 Å². The van der Waals surface area contributed by atoms with Gasteiger partial charge in [0.1, 0.15) is 0 Å². The molecular weight excluding hydrogens is 152 g/mol. The monoisotopic (exact) mass is 174 g/mol. The van der Waals surface area contributed by atoms with E-state index in [0.29, 0.717) is 6.54 Å². The zero-order chi connectivity index (χ0) is 9.40. The first-order valence-electron chi connectivity index (χ1n) is 4.81. The van der Waals surface area contributed by atoms with Gasteiger partial charge in [0.05, 0.1) is 0 Å². The summed E-state index contributed by atoms with van der Waals surface area (Å²) in [7, 11) is 0. The van der Waals surface area contributed by atoms with Crippen molar-refractivity contribution in [1.82, 2.24) is 4.90 Å². The molecule has 0 radical (unpaired) electrons. The van der Waals surface area contributed by atoms with Crippen molar-refractivity contribution in [3.63, 3.8) is 0 Å². The third-order valence-electron chi connectivity index (χ3n) is 2.34. The summed E-state index contributed by atoms with van der Waals surface area (Å²) in [6.45, 7) is 8.34. The van der Waals surface area contributed by atoms with E-state index < -0.39 is 0 Å². The van der Waals surface area contributed by atoms with Gasteiger partial charge in [-0.2, -0.15) is 0 Å². The number of hydrogen-bond acceptors (Lipinski definition) is 3. The van der Waals surface area contributed by atoms with Crippen LogP contribution in [-0.4, -0.2) is 42.8 Å². The maximum absolute atomic E-state index is 8.89. The zero-order valence-electron chi connectivity index (χ0n) is 8.29. The molecule has 0 aliphatic carbocycles. The minimum absolute atomic E-state index is 0.220. The Morgan fingerprint density at radius 3 is 2.25 bits per heavy atom. The number of nitrogens with two attached hydrogens (primary N) is 1. The van der Waals surface area contributed by atoms with E-state index in [9.17, 15) is 0 Å². The van der Waals surface area contributed by atoms with Gasteiger partial charge >= 0.3 is 0 Å². The topological polar surface area (TPSA) is 49.5 Å². The van der Waals surface area contributed by atoms with Crippen molar-refractivity contribution in [3.8, 4) is 0 Å². The van der Waals surface area contributed by atoms with E-state index in [-0.39, 0.29) is 12.5 Å². The molecule has 0 bridgehead atoms. The highest BCUT2D eigenvalue weighted by Gasteiger charge is 2.06. The van der Waals surface area contributed by atoms with Crippen LogP contribution in [0, 0.1) is 5.92 Å². The van der Waals surface area contributed by atoms with Gasteiger partial charge in [0.15, 0.2) is 0 Å². The number of aliphatic hydroxyl groups is 1. The van der Waals surface area contributed by atoms with Gasteiger partial charge in [-0.1, -0.05) is 13.8 Å². The van der Waals surface area contributed by atoms with Crippen molar-refractivity contribution in [2.75, 3.05) is 32.8 Å². The van der Waals surface area contributed by atoms with E-state index in [0.717, 1.165) is 26.1 Å². The molecule has 0 aromatic heterocycles. The lowest BCUT2D eigenvalue weighted by molar-refractivity contribution is 0.199. The highest BCUT2D eigenvalue weighted by molar-refractivity contribution is 4.61. The molecule has 0 amide bonds. The van der Waals surface area contributed by atoms with Crippen LogP contribution in [0.5, 0.6) is 0 Å². The van der Waals surface area contributed by atoms with Gasteiger partial charge < -0.3 is 15.7 Å². The van der Waals surface area contributed by atoms with E-state index in [4.69, 9.17) is 10.8 Å². The first kappa shape index (κ1) is 11.9. The van der Waals surface area contributed by atoms with E-state index in [2.05, 4.69) is 18.7 Å². The lowest BCUT2D eigenvalue weighted by Gasteiger charge is -2.20. The molecule has 0 aliphatic heterocycles. The fourth-order valence-corrected chi connectivity index (χ4v) is 1.19. The highest BCUT2D eigenvalue weighted by Crippen LogP contribution is 2.01. The summed E-state index contributed by atoms with van der Waals surface area (Å²) in [5.41, 5.74) is 5.47. The lowest BCUT2D eigenvalue weighted by Crippen LogP contribution is -2.28. The van der Waals surface area contributed by atoms with Crippen LogP contribution in [0.15, 0.2) is 0 Å². The average Bonchev–Trinajstić information content (AvgIpc) is 2.13. The molecule has 0 aromatic carbocycles. The number of nitrogens with zero attached hydrogens (tertiary/aromatic N) is 1. The van der Waals surface area contributed by atoms with E-state index in [1.54, 1.807) is 0 Å². The van der Waals surface area contributed by atoms with Gasteiger partial charge in [0, 0.05) is 6.61 Å². The van der Waals surface area contributed by atoms with Gasteiger partial charge in [-0.15, -0.1) is 0 Å². The summed E-state index contributed by atoms with van der Waals surface area (Å²) >= 11 is 0. The molecule has 74 valence electrons. The Kier molecular flexibility index (Phi) is 7.45. The summed E-state index contributed by atoms with van der Waals surface area (Å²) in [5.74, 6) is 0.283. The summed E-state index contributed by atoms with van der Waals surface area (Å²) in [6.07, 6.45) is 1.01. The van der Waals surface area contributed by atoms with Crippen LogP contribution >= 0.6 is 0 Å². The van der Waals surface area contributed by atoms with Crippen molar-refractivity contribution in [2.45, 2.75) is 20.3 Å². The second kappa shape index (κ2) is 7.53. The predicted octanol–water partition coefficient (Wildman–Crippen LogP) is 0.286. The molecule has 0 heterocycles. The maximum atomic E-state index is 8.89. The summed E-state index contributed by atoms with van der Waals surface area (Å²) in [6, 6.07) is 0. The number of hydrogen-bond donors (Lipinski definition) is 2. The minimum Gasteiger partial charge on any atom is -0.396 e. The second-order valence-corrected chi connectivity index (χ2v) is 3.10. The molecule has 0 rings (SSSR count). The molecule has 3 heteroatoms. The largest absolute Gasteiger partial charge is 0.396 e. The van der Waals surface area contributed by atoms with E-state index >= 15 is 0 Å². The van der Waals surface area contributed by atoms with Crippen LogP contribution in [0.25, 0.3) is 0 Å². The molecule has 0 saturated heterocycles. The van der Waals surface area contributed by atoms with Crippen molar-refractivity contribution in [2.24, 2.45) is 11.7 Å². The fourth-order valence-electron chi connectivity index (χ4n) is 1.19. The van der Waals surface area contributed by atoms with Crippen LogP contribution in [0.4, 0.5) is 0 Å². The average molecular weight is 174 g/mol. The summed E-state index contributed by atoms with van der Waals surface area (Å²) < 4.78 is 0. The standard InChI is InChI=1S/C9H22N2O/c1-3-11(4-2)6-5-9(7-10)8-12/h9,12H,3-8,10H2,1-2H3. The Morgan fingerprint density at radius 2 is 1.92 bits per heavy atom. The van der Waals surface area contributed by atoms with Crippen molar-refractivity contribution < 1.29 is 5.11 Å². The Labute approximate surface area is 75.6 Å². The Bertz CT molecular complexity index is 78.5. The van der Waals surface area contributed by atoms with Crippen LogP contribution in [-0.2, 0) is 0 Å². The number of rotatable bonds is 7. The molecule has 0 spiro atoms. The fraction of sp³-hybridized carbons (Fsp3) is 1.00. The van der Waals surface area contributed by atoms with Crippen LogP contribution in [0.1, 0.15) is 20.3 Å². The van der Waals surface area contributed by atoms with Crippen molar-refractivity contribution in [1.29, 1.82) is 0 Å². The number of aliphatic hydroxyl groups excluding tert-OH is 1. The molecule has 0 fully saturated rings. The molecule has 0 aromatic rings.